The molecule has 0 aromatic rings. The molecule has 0 saturated heterocycles. The van der Waals surface area contributed by atoms with Gasteiger partial charge in [-0.2, -0.15) is 0 Å². The second kappa shape index (κ2) is 13.9. The van der Waals surface area contributed by atoms with Crippen LogP contribution in [-0.4, -0.2) is 24.6 Å². The number of hydrogen-bond donors (Lipinski definition) is 0. The van der Waals surface area contributed by atoms with E-state index < -0.39 is 0 Å². The first kappa shape index (κ1) is 19.9. The summed E-state index contributed by atoms with van der Waals surface area (Å²) >= 11 is 0. The number of rotatable bonds is 13. The predicted octanol–water partition coefficient (Wildman–Crippen LogP) is 4.40. The summed E-state index contributed by atoms with van der Waals surface area (Å²) in [4.78, 5) is 22.9. The van der Waals surface area contributed by atoms with Crippen LogP contribution in [0.1, 0.15) is 85.0 Å². The van der Waals surface area contributed by atoms with Crippen molar-refractivity contribution in [2.24, 2.45) is 0 Å². The molecule has 0 aromatic carbocycles. The Morgan fingerprint density at radius 2 is 1.43 bits per heavy atom. The van der Waals surface area contributed by atoms with Gasteiger partial charge in [0.2, 0.25) is 0 Å². The number of carbonyl (C=O) groups is 2. The second-order valence-electron chi connectivity index (χ2n) is 5.58. The molecule has 0 fully saturated rings. The van der Waals surface area contributed by atoms with E-state index in [4.69, 9.17) is 9.47 Å². The van der Waals surface area contributed by atoms with Crippen LogP contribution in [0.2, 0.25) is 0 Å². The van der Waals surface area contributed by atoms with E-state index in [1.807, 2.05) is 6.92 Å². The fourth-order valence-corrected chi connectivity index (χ4v) is 2.01. The summed E-state index contributed by atoms with van der Waals surface area (Å²) in [7, 11) is 0. The van der Waals surface area contributed by atoms with Gasteiger partial charge in [-0.1, -0.05) is 39.5 Å². The van der Waals surface area contributed by atoms with Gasteiger partial charge in [-0.3, -0.25) is 9.59 Å². The third kappa shape index (κ3) is 13.7. The Balaban J connectivity index is 3.50. The lowest BCUT2D eigenvalue weighted by molar-refractivity contribution is -0.150. The molecular formula is C17H32O4. The number of ether oxygens (including phenoxy) is 2. The molecule has 0 rings (SSSR count). The molecule has 4 heteroatoms. The molecule has 0 radical (unpaired) electrons. The van der Waals surface area contributed by atoms with E-state index in [0.717, 1.165) is 51.4 Å². The first-order valence-corrected chi connectivity index (χ1v) is 8.45. The summed E-state index contributed by atoms with van der Waals surface area (Å²) in [6.45, 7) is 6.53. The Kier molecular flexibility index (Phi) is 13.2. The van der Waals surface area contributed by atoms with Crippen molar-refractivity contribution in [3.05, 3.63) is 0 Å². The highest BCUT2D eigenvalue weighted by atomic mass is 16.5. The van der Waals surface area contributed by atoms with Gasteiger partial charge >= 0.3 is 11.9 Å². The SMILES string of the molecule is CCCCCC(=O)OCCCC(C)OC(=O)CCCCC. The van der Waals surface area contributed by atoms with E-state index in [2.05, 4.69) is 13.8 Å². The molecule has 0 amide bonds. The summed E-state index contributed by atoms with van der Waals surface area (Å²) in [5.74, 6) is -0.236. The van der Waals surface area contributed by atoms with Crippen molar-refractivity contribution in [2.45, 2.75) is 91.1 Å². The molecule has 124 valence electrons. The summed E-state index contributed by atoms with van der Waals surface area (Å²) in [6, 6.07) is 0. The number of unbranched alkanes of at least 4 members (excludes halogenated alkanes) is 4. The molecule has 0 heterocycles. The highest BCUT2D eigenvalue weighted by Gasteiger charge is 2.09. The summed E-state index contributed by atoms with van der Waals surface area (Å²) in [5, 5.41) is 0. The van der Waals surface area contributed by atoms with E-state index >= 15 is 0 Å². The summed E-state index contributed by atoms with van der Waals surface area (Å²) < 4.78 is 10.4. The van der Waals surface area contributed by atoms with Crippen molar-refractivity contribution >= 4 is 11.9 Å². The van der Waals surface area contributed by atoms with Crippen LogP contribution in [0.15, 0.2) is 0 Å². The molecule has 0 bridgehead atoms. The van der Waals surface area contributed by atoms with Crippen molar-refractivity contribution in [1.82, 2.24) is 0 Å². The third-order valence-electron chi connectivity index (χ3n) is 3.32. The van der Waals surface area contributed by atoms with Crippen LogP contribution in [0.5, 0.6) is 0 Å². The predicted molar refractivity (Wildman–Crippen MR) is 84.0 cm³/mol. The number of esters is 2. The van der Waals surface area contributed by atoms with Gasteiger partial charge in [-0.25, -0.2) is 0 Å². The van der Waals surface area contributed by atoms with Gasteiger partial charge in [0.05, 0.1) is 12.7 Å². The van der Waals surface area contributed by atoms with Gasteiger partial charge in [-0.05, 0) is 32.6 Å². The van der Waals surface area contributed by atoms with Gasteiger partial charge < -0.3 is 9.47 Å². The summed E-state index contributed by atoms with van der Waals surface area (Å²) in [6.07, 6.45) is 8.54. The fraction of sp³-hybridized carbons (Fsp3) is 0.882. The lowest BCUT2D eigenvalue weighted by atomic mass is 10.2. The van der Waals surface area contributed by atoms with Crippen LogP contribution < -0.4 is 0 Å². The lowest BCUT2D eigenvalue weighted by Crippen LogP contribution is -2.16. The quantitative estimate of drug-likeness (QED) is 0.373. The van der Waals surface area contributed by atoms with E-state index in [0.29, 0.717) is 19.4 Å². The van der Waals surface area contributed by atoms with Crippen LogP contribution in [0.4, 0.5) is 0 Å². The largest absolute Gasteiger partial charge is 0.466 e. The molecule has 4 nitrogen and oxygen atoms in total. The topological polar surface area (TPSA) is 52.6 Å². The first-order chi connectivity index (χ1) is 10.1. The molecule has 0 N–H and O–H groups in total. The Hall–Kier alpha value is -1.06. The zero-order valence-corrected chi connectivity index (χ0v) is 14.0. The first-order valence-electron chi connectivity index (χ1n) is 8.45. The normalized spacial score (nSPS) is 12.0. The number of hydrogen-bond acceptors (Lipinski definition) is 4. The highest BCUT2D eigenvalue weighted by molar-refractivity contribution is 5.69. The van der Waals surface area contributed by atoms with Crippen LogP contribution in [0, 0.1) is 0 Å². The average molecular weight is 300 g/mol. The minimum absolute atomic E-state index is 0.0991. The van der Waals surface area contributed by atoms with Crippen molar-refractivity contribution in [3.63, 3.8) is 0 Å². The maximum Gasteiger partial charge on any atom is 0.306 e. The monoisotopic (exact) mass is 300 g/mol. The van der Waals surface area contributed by atoms with E-state index in [1.54, 1.807) is 0 Å². The van der Waals surface area contributed by atoms with Crippen LogP contribution in [-0.2, 0) is 19.1 Å². The zero-order valence-electron chi connectivity index (χ0n) is 14.0. The summed E-state index contributed by atoms with van der Waals surface area (Å²) in [5.41, 5.74) is 0. The van der Waals surface area contributed by atoms with E-state index in [-0.39, 0.29) is 18.0 Å². The molecule has 0 aliphatic rings. The molecule has 0 aromatic heterocycles. The maximum atomic E-state index is 11.5. The molecule has 1 atom stereocenters. The molecule has 0 aliphatic carbocycles. The Bertz CT molecular complexity index is 276. The standard InChI is InChI=1S/C17H32O4/c1-4-6-8-12-16(18)20-14-10-11-15(3)21-17(19)13-9-7-5-2/h15H,4-14H2,1-3H3. The lowest BCUT2D eigenvalue weighted by Gasteiger charge is -2.13. The second-order valence-corrected chi connectivity index (χ2v) is 5.58. The van der Waals surface area contributed by atoms with Crippen molar-refractivity contribution in [3.8, 4) is 0 Å². The minimum Gasteiger partial charge on any atom is -0.466 e. The van der Waals surface area contributed by atoms with Crippen LogP contribution in [0.3, 0.4) is 0 Å². The van der Waals surface area contributed by atoms with Crippen molar-refractivity contribution < 1.29 is 19.1 Å². The average Bonchev–Trinajstić information content (AvgIpc) is 2.44. The molecule has 0 aliphatic heterocycles. The van der Waals surface area contributed by atoms with Gasteiger partial charge in [0.25, 0.3) is 0 Å². The Morgan fingerprint density at radius 1 is 0.857 bits per heavy atom. The third-order valence-corrected chi connectivity index (χ3v) is 3.32. The molecule has 21 heavy (non-hydrogen) atoms. The van der Waals surface area contributed by atoms with Gasteiger partial charge in [0.15, 0.2) is 0 Å². The molecule has 0 saturated carbocycles. The van der Waals surface area contributed by atoms with Crippen molar-refractivity contribution in [2.75, 3.05) is 6.61 Å². The van der Waals surface area contributed by atoms with Crippen LogP contribution in [0.25, 0.3) is 0 Å². The Morgan fingerprint density at radius 3 is 2.00 bits per heavy atom. The van der Waals surface area contributed by atoms with Gasteiger partial charge in [0, 0.05) is 12.8 Å². The smallest absolute Gasteiger partial charge is 0.306 e. The van der Waals surface area contributed by atoms with Crippen LogP contribution >= 0.6 is 0 Å². The number of carbonyl (C=O) groups excluding carboxylic acids is 2. The van der Waals surface area contributed by atoms with E-state index in [1.165, 1.54) is 0 Å². The zero-order chi connectivity index (χ0) is 15.9. The van der Waals surface area contributed by atoms with E-state index in [9.17, 15) is 9.59 Å². The van der Waals surface area contributed by atoms with Gasteiger partial charge in [-0.15, -0.1) is 0 Å². The fourth-order valence-electron chi connectivity index (χ4n) is 2.01. The van der Waals surface area contributed by atoms with Gasteiger partial charge in [0.1, 0.15) is 0 Å². The maximum absolute atomic E-state index is 11.5. The molecular weight excluding hydrogens is 268 g/mol. The molecule has 0 spiro atoms. The molecule has 1 unspecified atom stereocenters. The highest BCUT2D eigenvalue weighted by Crippen LogP contribution is 2.07. The Labute approximate surface area is 129 Å². The van der Waals surface area contributed by atoms with Crippen molar-refractivity contribution in [1.29, 1.82) is 0 Å². The minimum atomic E-state index is -0.118.